The van der Waals surface area contributed by atoms with Crippen LogP contribution in [0, 0.1) is 0 Å². The van der Waals surface area contributed by atoms with Gasteiger partial charge in [-0.1, -0.05) is 6.92 Å². The van der Waals surface area contributed by atoms with Crippen LogP contribution in [0.5, 0.6) is 0 Å². The predicted octanol–water partition coefficient (Wildman–Crippen LogP) is 0.987. The Hall–Kier alpha value is -0.690. The summed E-state index contributed by atoms with van der Waals surface area (Å²) in [5.74, 6) is -0.238. The maximum atomic E-state index is 11.5. The Morgan fingerprint density at radius 2 is 1.75 bits per heavy atom. The second-order valence-electron chi connectivity index (χ2n) is 4.39. The van der Waals surface area contributed by atoms with E-state index in [1.807, 2.05) is 0 Å². The van der Waals surface area contributed by atoms with Crippen molar-refractivity contribution in [3.8, 4) is 0 Å². The molecule has 0 aromatic rings. The molecule has 6 heteroatoms. The molecular formula is C14H29NO5. The minimum Gasteiger partial charge on any atom is -0.468 e. The summed E-state index contributed by atoms with van der Waals surface area (Å²) < 4.78 is 20.5. The van der Waals surface area contributed by atoms with E-state index in [1.165, 1.54) is 7.11 Å². The summed E-state index contributed by atoms with van der Waals surface area (Å²) in [6.45, 7) is 5.85. The first-order valence-electron chi connectivity index (χ1n) is 7.21. The Morgan fingerprint density at radius 1 is 1.05 bits per heavy atom. The number of ether oxygens (including phenoxy) is 4. The van der Waals surface area contributed by atoms with E-state index in [0.29, 0.717) is 39.5 Å². The maximum Gasteiger partial charge on any atom is 0.322 e. The molecule has 20 heavy (non-hydrogen) atoms. The van der Waals surface area contributed by atoms with Gasteiger partial charge in [0.15, 0.2) is 0 Å². The summed E-state index contributed by atoms with van der Waals surface area (Å²) in [7, 11) is 3.07. The van der Waals surface area contributed by atoms with Crippen LogP contribution in [0.2, 0.25) is 0 Å². The van der Waals surface area contributed by atoms with Crippen LogP contribution in [0.3, 0.4) is 0 Å². The smallest absolute Gasteiger partial charge is 0.322 e. The first-order valence-corrected chi connectivity index (χ1v) is 7.21. The number of methoxy groups -OCH3 is 2. The highest BCUT2D eigenvalue weighted by Crippen LogP contribution is 1.97. The third-order valence-electron chi connectivity index (χ3n) is 2.69. The van der Waals surface area contributed by atoms with Crippen molar-refractivity contribution in [1.29, 1.82) is 0 Å². The molecular weight excluding hydrogens is 262 g/mol. The second-order valence-corrected chi connectivity index (χ2v) is 4.39. The lowest BCUT2D eigenvalue weighted by Gasteiger charge is -2.16. The number of rotatable bonds is 14. The SMILES string of the molecule is CCCNC(CCOCCOCCCOC)C(=O)OC. The molecule has 0 bridgehead atoms. The van der Waals surface area contributed by atoms with Gasteiger partial charge in [-0.2, -0.15) is 0 Å². The number of carbonyl (C=O) groups excluding carboxylic acids is 1. The van der Waals surface area contributed by atoms with Gasteiger partial charge in [-0.05, 0) is 25.8 Å². The number of esters is 1. The first-order chi connectivity index (χ1) is 9.76. The van der Waals surface area contributed by atoms with Gasteiger partial charge in [0.05, 0.1) is 20.3 Å². The van der Waals surface area contributed by atoms with Crippen LogP contribution < -0.4 is 5.32 Å². The van der Waals surface area contributed by atoms with Gasteiger partial charge in [0.25, 0.3) is 0 Å². The maximum absolute atomic E-state index is 11.5. The van der Waals surface area contributed by atoms with E-state index in [1.54, 1.807) is 7.11 Å². The van der Waals surface area contributed by atoms with Crippen LogP contribution >= 0.6 is 0 Å². The normalized spacial score (nSPS) is 12.3. The highest BCUT2D eigenvalue weighted by atomic mass is 16.5. The Kier molecular flexibility index (Phi) is 14.2. The Labute approximate surface area is 122 Å². The van der Waals surface area contributed by atoms with Gasteiger partial charge in [-0.25, -0.2) is 0 Å². The van der Waals surface area contributed by atoms with E-state index in [-0.39, 0.29) is 12.0 Å². The summed E-state index contributed by atoms with van der Waals surface area (Å²) in [5, 5.41) is 3.15. The van der Waals surface area contributed by atoms with Gasteiger partial charge >= 0.3 is 5.97 Å². The standard InChI is InChI=1S/C14H29NO5/c1-4-7-15-13(14(16)18-3)6-10-20-12-11-19-9-5-8-17-2/h13,15H,4-12H2,1-3H3. The van der Waals surface area contributed by atoms with Crippen molar-refractivity contribution in [2.75, 3.05) is 53.8 Å². The summed E-state index contributed by atoms with van der Waals surface area (Å²) >= 11 is 0. The van der Waals surface area contributed by atoms with Gasteiger partial charge in [0.1, 0.15) is 6.04 Å². The van der Waals surface area contributed by atoms with Crippen LogP contribution in [0.1, 0.15) is 26.2 Å². The molecule has 0 heterocycles. The third kappa shape index (κ3) is 11.2. The molecule has 1 unspecified atom stereocenters. The van der Waals surface area contributed by atoms with Crippen molar-refractivity contribution in [3.63, 3.8) is 0 Å². The van der Waals surface area contributed by atoms with Crippen LogP contribution in [-0.2, 0) is 23.7 Å². The quantitative estimate of drug-likeness (QED) is 0.380. The van der Waals surface area contributed by atoms with E-state index in [2.05, 4.69) is 12.2 Å². The Balaban J connectivity index is 3.50. The van der Waals surface area contributed by atoms with E-state index >= 15 is 0 Å². The molecule has 1 atom stereocenters. The molecule has 6 nitrogen and oxygen atoms in total. The third-order valence-corrected chi connectivity index (χ3v) is 2.69. The highest BCUT2D eigenvalue weighted by Gasteiger charge is 2.17. The predicted molar refractivity (Wildman–Crippen MR) is 76.8 cm³/mol. The highest BCUT2D eigenvalue weighted by molar-refractivity contribution is 5.75. The number of carbonyl (C=O) groups is 1. The molecule has 120 valence electrons. The summed E-state index contributed by atoms with van der Waals surface area (Å²) in [6, 6.07) is -0.289. The number of hydrogen-bond donors (Lipinski definition) is 1. The lowest BCUT2D eigenvalue weighted by Crippen LogP contribution is -2.39. The zero-order valence-corrected chi connectivity index (χ0v) is 13.0. The minimum atomic E-state index is -0.289. The van der Waals surface area contributed by atoms with E-state index < -0.39 is 0 Å². The van der Waals surface area contributed by atoms with Crippen LogP contribution in [-0.4, -0.2) is 65.8 Å². The van der Waals surface area contributed by atoms with E-state index in [0.717, 1.165) is 19.4 Å². The molecule has 0 aliphatic rings. The van der Waals surface area contributed by atoms with Crippen molar-refractivity contribution in [3.05, 3.63) is 0 Å². The fourth-order valence-electron chi connectivity index (χ4n) is 1.59. The molecule has 0 saturated heterocycles. The fraction of sp³-hybridized carbons (Fsp3) is 0.929. The van der Waals surface area contributed by atoms with Crippen molar-refractivity contribution >= 4 is 5.97 Å². The van der Waals surface area contributed by atoms with Crippen molar-refractivity contribution in [1.82, 2.24) is 5.32 Å². The average Bonchev–Trinajstić information content (AvgIpc) is 2.47. The molecule has 0 saturated carbocycles. The Morgan fingerprint density at radius 3 is 2.35 bits per heavy atom. The summed E-state index contributed by atoms with van der Waals surface area (Å²) in [4.78, 5) is 11.5. The fourth-order valence-corrected chi connectivity index (χ4v) is 1.59. The van der Waals surface area contributed by atoms with E-state index in [4.69, 9.17) is 18.9 Å². The Bertz CT molecular complexity index is 226. The number of nitrogens with one attached hydrogen (secondary N) is 1. The molecule has 0 aliphatic heterocycles. The molecule has 1 N–H and O–H groups in total. The molecule has 0 aromatic carbocycles. The van der Waals surface area contributed by atoms with Gasteiger partial charge in [0.2, 0.25) is 0 Å². The zero-order chi connectivity index (χ0) is 15.1. The number of hydrogen-bond acceptors (Lipinski definition) is 6. The van der Waals surface area contributed by atoms with Gasteiger partial charge in [-0.3, -0.25) is 4.79 Å². The molecule has 0 fully saturated rings. The topological polar surface area (TPSA) is 66.0 Å². The molecule has 0 aromatic heterocycles. The summed E-state index contributed by atoms with van der Waals surface area (Å²) in [5.41, 5.74) is 0. The molecule has 0 spiro atoms. The first kappa shape index (κ1) is 19.3. The average molecular weight is 291 g/mol. The van der Waals surface area contributed by atoms with Crippen LogP contribution in [0.15, 0.2) is 0 Å². The monoisotopic (exact) mass is 291 g/mol. The van der Waals surface area contributed by atoms with Gasteiger partial charge in [0, 0.05) is 26.9 Å². The van der Waals surface area contributed by atoms with Gasteiger partial charge in [-0.15, -0.1) is 0 Å². The van der Waals surface area contributed by atoms with Crippen molar-refractivity contribution in [2.45, 2.75) is 32.2 Å². The molecule has 0 amide bonds. The largest absolute Gasteiger partial charge is 0.468 e. The van der Waals surface area contributed by atoms with Gasteiger partial charge < -0.3 is 24.3 Å². The minimum absolute atomic E-state index is 0.238. The van der Waals surface area contributed by atoms with Crippen molar-refractivity contribution in [2.24, 2.45) is 0 Å². The van der Waals surface area contributed by atoms with Crippen LogP contribution in [0.25, 0.3) is 0 Å². The van der Waals surface area contributed by atoms with E-state index in [9.17, 15) is 4.79 Å². The van der Waals surface area contributed by atoms with Crippen LogP contribution in [0.4, 0.5) is 0 Å². The lowest BCUT2D eigenvalue weighted by molar-refractivity contribution is -0.143. The molecule has 0 aliphatic carbocycles. The lowest BCUT2D eigenvalue weighted by atomic mass is 10.2. The van der Waals surface area contributed by atoms with Crippen molar-refractivity contribution < 1.29 is 23.7 Å². The second kappa shape index (κ2) is 14.7. The molecule has 0 rings (SSSR count). The zero-order valence-electron chi connectivity index (χ0n) is 13.0. The summed E-state index contributed by atoms with van der Waals surface area (Å²) in [6.07, 6.45) is 2.47. The molecule has 0 radical (unpaired) electrons.